The maximum Gasteiger partial charge on any atom is 0.362 e. The lowest BCUT2D eigenvalue weighted by molar-refractivity contribution is -0.959. The molecule has 0 aromatic rings. The van der Waals surface area contributed by atoms with Gasteiger partial charge in [0, 0.05) is 0 Å². The molecule has 0 aliphatic rings. The average molecular weight is 318 g/mol. The molecule has 1 atom stereocenters. The molecule has 0 rings (SSSR count). The lowest BCUT2D eigenvalue weighted by Gasteiger charge is -2.40. The predicted molar refractivity (Wildman–Crippen MR) is 85.4 cm³/mol. The van der Waals surface area contributed by atoms with E-state index in [-0.39, 0.29) is 37.5 Å². The Balaban J connectivity index is 4.42. The summed E-state index contributed by atoms with van der Waals surface area (Å²) in [6, 6.07) is -0.743. The molecule has 6 nitrogen and oxygen atoms in total. The molecule has 22 heavy (non-hydrogen) atoms. The van der Waals surface area contributed by atoms with Gasteiger partial charge in [-0.15, -0.1) is 0 Å². The molecule has 0 saturated carbocycles. The summed E-state index contributed by atoms with van der Waals surface area (Å²) in [6.45, 7) is 4.52. The lowest BCUT2D eigenvalue weighted by atomic mass is 10.2. The van der Waals surface area contributed by atoms with Gasteiger partial charge < -0.3 is 20.1 Å². The van der Waals surface area contributed by atoms with Crippen LogP contribution >= 0.6 is 0 Å². The van der Waals surface area contributed by atoms with Crippen molar-refractivity contribution in [2.24, 2.45) is 0 Å². The van der Waals surface area contributed by atoms with Gasteiger partial charge in [-0.2, -0.15) is 0 Å². The smallest absolute Gasteiger partial charge is 0.362 e. The number of ether oxygens (including phenoxy) is 1. The Hall–Kier alpha value is -0.950. The molecule has 0 amide bonds. The second-order valence-electron chi connectivity index (χ2n) is 5.59. The number of carboxylic acids is 1. The topological polar surface area (TPSA) is 87.0 Å². The summed E-state index contributed by atoms with van der Waals surface area (Å²) in [4.78, 5) is 11.3. The van der Waals surface area contributed by atoms with Gasteiger partial charge in [-0.25, -0.2) is 4.79 Å². The molecular formula is C16H32NO5+. The quantitative estimate of drug-likeness (QED) is 0.195. The Morgan fingerprint density at radius 3 is 2.32 bits per heavy atom. The van der Waals surface area contributed by atoms with Gasteiger partial charge in [-0.05, 0) is 19.8 Å². The molecule has 0 fully saturated rings. The van der Waals surface area contributed by atoms with Crippen LogP contribution in [0.5, 0.6) is 0 Å². The molecule has 0 aliphatic carbocycles. The number of hydrogen-bond donors (Lipinski definition) is 3. The lowest BCUT2D eigenvalue weighted by Crippen LogP contribution is -2.61. The van der Waals surface area contributed by atoms with Crippen molar-refractivity contribution in [2.45, 2.75) is 45.6 Å². The third-order valence-corrected chi connectivity index (χ3v) is 3.97. The summed E-state index contributed by atoms with van der Waals surface area (Å²) in [6.07, 6.45) is 8.61. The van der Waals surface area contributed by atoms with E-state index in [1.54, 1.807) is 6.92 Å². The van der Waals surface area contributed by atoms with Crippen molar-refractivity contribution in [2.75, 3.05) is 39.6 Å². The number of unbranched alkanes of at least 4 members (excludes halogenated alkanes) is 3. The molecular weight excluding hydrogens is 286 g/mol. The average Bonchev–Trinajstić information content (AvgIpc) is 2.49. The first-order chi connectivity index (χ1) is 10.5. The molecule has 0 radical (unpaired) electrons. The van der Waals surface area contributed by atoms with Crippen molar-refractivity contribution >= 4 is 5.97 Å². The SMILES string of the molecule is CCCCC/C=C/COC[N+](CCO)(CCO)C(C)C(=O)O. The minimum absolute atomic E-state index is 0.0198. The van der Waals surface area contributed by atoms with Crippen molar-refractivity contribution < 1.29 is 29.3 Å². The number of aliphatic carboxylic acids is 1. The number of hydrogen-bond acceptors (Lipinski definition) is 4. The molecule has 0 aliphatic heterocycles. The fraction of sp³-hybridized carbons (Fsp3) is 0.812. The summed E-state index contributed by atoms with van der Waals surface area (Å²) < 4.78 is 5.60. The summed E-state index contributed by atoms with van der Waals surface area (Å²) in [5.41, 5.74) is 0. The molecule has 1 unspecified atom stereocenters. The van der Waals surface area contributed by atoms with Crippen LogP contribution in [0, 0.1) is 0 Å². The van der Waals surface area contributed by atoms with Crippen LogP contribution in [0.4, 0.5) is 0 Å². The van der Waals surface area contributed by atoms with Crippen LogP contribution in [-0.4, -0.2) is 71.5 Å². The van der Waals surface area contributed by atoms with Gasteiger partial charge in [0.2, 0.25) is 0 Å². The number of carbonyl (C=O) groups is 1. The fourth-order valence-corrected chi connectivity index (χ4v) is 2.37. The zero-order chi connectivity index (χ0) is 16.8. The number of aliphatic hydroxyl groups excluding tert-OH is 2. The molecule has 0 aromatic carbocycles. The normalized spacial score (nSPS) is 13.6. The highest BCUT2D eigenvalue weighted by Crippen LogP contribution is 2.14. The van der Waals surface area contributed by atoms with E-state index < -0.39 is 12.0 Å². The van der Waals surface area contributed by atoms with Crippen LogP contribution in [0.3, 0.4) is 0 Å². The Morgan fingerprint density at radius 2 is 1.82 bits per heavy atom. The maximum atomic E-state index is 11.3. The molecule has 0 spiro atoms. The summed E-state index contributed by atoms with van der Waals surface area (Å²) in [7, 11) is 0. The largest absolute Gasteiger partial charge is 0.477 e. The van der Waals surface area contributed by atoms with Gasteiger partial charge >= 0.3 is 5.97 Å². The molecule has 3 N–H and O–H groups in total. The second-order valence-corrected chi connectivity index (χ2v) is 5.59. The van der Waals surface area contributed by atoms with Crippen molar-refractivity contribution in [1.29, 1.82) is 0 Å². The zero-order valence-corrected chi connectivity index (χ0v) is 13.9. The molecule has 0 saturated heterocycles. The first-order valence-electron chi connectivity index (χ1n) is 8.07. The van der Waals surface area contributed by atoms with Crippen LogP contribution in [-0.2, 0) is 9.53 Å². The van der Waals surface area contributed by atoms with Crippen LogP contribution < -0.4 is 0 Å². The molecule has 0 bridgehead atoms. The van der Waals surface area contributed by atoms with Crippen molar-refractivity contribution in [1.82, 2.24) is 0 Å². The van der Waals surface area contributed by atoms with Crippen LogP contribution in [0.2, 0.25) is 0 Å². The fourth-order valence-electron chi connectivity index (χ4n) is 2.37. The van der Waals surface area contributed by atoms with E-state index in [1.165, 1.54) is 12.8 Å². The van der Waals surface area contributed by atoms with Crippen LogP contribution in [0.15, 0.2) is 12.2 Å². The van der Waals surface area contributed by atoms with Crippen LogP contribution in [0.25, 0.3) is 0 Å². The van der Waals surface area contributed by atoms with Gasteiger partial charge in [0.05, 0.1) is 19.8 Å². The number of nitrogens with zero attached hydrogens (tertiary/aromatic N) is 1. The predicted octanol–water partition coefficient (Wildman–Crippen LogP) is 1.37. The number of quaternary nitrogens is 1. The minimum atomic E-state index is -0.958. The number of aliphatic hydroxyl groups is 2. The number of allylic oxidation sites excluding steroid dienone is 1. The van der Waals surface area contributed by atoms with Crippen molar-refractivity contribution in [3.8, 4) is 0 Å². The summed E-state index contributed by atoms with van der Waals surface area (Å²) in [5, 5.41) is 27.7. The standard InChI is InChI=1S/C16H31NO5/c1-3-4-5-6-7-8-13-22-14-17(9-11-18,10-12-19)15(2)16(20)21/h7-8,15,18-19H,3-6,9-14H2,1-2H3/p+1/b8-7+. The second kappa shape index (κ2) is 12.6. The Morgan fingerprint density at radius 1 is 1.18 bits per heavy atom. The first kappa shape index (κ1) is 21.0. The highest BCUT2D eigenvalue weighted by Gasteiger charge is 2.38. The van der Waals surface area contributed by atoms with Gasteiger partial charge in [0.25, 0.3) is 0 Å². The molecule has 0 aromatic heterocycles. The summed E-state index contributed by atoms with van der Waals surface area (Å²) >= 11 is 0. The Bertz CT molecular complexity index is 314. The highest BCUT2D eigenvalue weighted by molar-refractivity contribution is 5.71. The third kappa shape index (κ3) is 7.89. The van der Waals surface area contributed by atoms with E-state index in [1.807, 2.05) is 6.08 Å². The number of rotatable bonds is 14. The summed E-state index contributed by atoms with van der Waals surface area (Å²) in [5.74, 6) is -0.958. The van der Waals surface area contributed by atoms with Crippen LogP contribution in [0.1, 0.15) is 39.5 Å². The van der Waals surface area contributed by atoms with E-state index >= 15 is 0 Å². The zero-order valence-electron chi connectivity index (χ0n) is 13.9. The van der Waals surface area contributed by atoms with Gasteiger partial charge in [-0.1, -0.05) is 31.9 Å². The van der Waals surface area contributed by atoms with E-state index in [0.29, 0.717) is 6.61 Å². The number of carboxylic acid groups (broad SMARTS) is 1. The van der Waals surface area contributed by atoms with Gasteiger partial charge in [-0.3, -0.25) is 4.48 Å². The van der Waals surface area contributed by atoms with Crippen molar-refractivity contribution in [3.05, 3.63) is 12.2 Å². The van der Waals surface area contributed by atoms with Gasteiger partial charge in [0.15, 0.2) is 12.8 Å². The van der Waals surface area contributed by atoms with E-state index in [9.17, 15) is 20.1 Å². The molecule has 6 heteroatoms. The highest BCUT2D eigenvalue weighted by atomic mass is 16.5. The molecule has 0 heterocycles. The van der Waals surface area contributed by atoms with E-state index in [2.05, 4.69) is 13.0 Å². The Labute approximate surface area is 133 Å². The van der Waals surface area contributed by atoms with Crippen molar-refractivity contribution in [3.63, 3.8) is 0 Å². The van der Waals surface area contributed by atoms with E-state index in [0.717, 1.165) is 12.8 Å². The minimum Gasteiger partial charge on any atom is -0.477 e. The Kier molecular flexibility index (Phi) is 12.0. The maximum absolute atomic E-state index is 11.3. The molecule has 130 valence electrons. The van der Waals surface area contributed by atoms with E-state index in [4.69, 9.17) is 4.74 Å². The van der Waals surface area contributed by atoms with Gasteiger partial charge in [0.1, 0.15) is 13.1 Å². The third-order valence-electron chi connectivity index (χ3n) is 3.97. The first-order valence-corrected chi connectivity index (χ1v) is 8.07. The monoisotopic (exact) mass is 318 g/mol.